The van der Waals surface area contributed by atoms with Crippen LogP contribution in [0.2, 0.25) is 0 Å². The summed E-state index contributed by atoms with van der Waals surface area (Å²) in [6.07, 6.45) is 3.58. The minimum absolute atomic E-state index is 0.738. The fraction of sp³-hybridized carbons (Fsp3) is 0.667. The summed E-state index contributed by atoms with van der Waals surface area (Å²) in [6.45, 7) is 11.2. The van der Waals surface area contributed by atoms with Gasteiger partial charge in [0, 0.05) is 0 Å². The van der Waals surface area contributed by atoms with E-state index in [-0.39, 0.29) is 0 Å². The minimum Gasteiger partial charge on any atom is -0.496 e. The molecule has 20 heavy (non-hydrogen) atoms. The van der Waals surface area contributed by atoms with Gasteiger partial charge in [-0.15, -0.1) is 0 Å². The van der Waals surface area contributed by atoms with Gasteiger partial charge in [-0.2, -0.15) is 0 Å². The fourth-order valence-electron chi connectivity index (χ4n) is 2.39. The van der Waals surface area contributed by atoms with Crippen LogP contribution in [0, 0.1) is 18.8 Å². The normalized spacial score (nSPS) is 12.7. The molecule has 0 aliphatic carbocycles. The highest BCUT2D eigenvalue weighted by Crippen LogP contribution is 2.23. The molecule has 0 radical (unpaired) electrons. The van der Waals surface area contributed by atoms with Crippen LogP contribution in [0.3, 0.4) is 0 Å². The molecule has 1 aromatic rings. The van der Waals surface area contributed by atoms with E-state index in [1.165, 1.54) is 24.0 Å². The van der Waals surface area contributed by atoms with Gasteiger partial charge in [-0.1, -0.05) is 38.5 Å². The lowest BCUT2D eigenvalue weighted by molar-refractivity contribution is 0.404. The third kappa shape index (κ3) is 6.42. The first-order valence-corrected chi connectivity index (χ1v) is 7.87. The van der Waals surface area contributed by atoms with Gasteiger partial charge in [0.25, 0.3) is 0 Å². The van der Waals surface area contributed by atoms with E-state index in [1.54, 1.807) is 7.11 Å². The Morgan fingerprint density at radius 3 is 2.55 bits per heavy atom. The van der Waals surface area contributed by atoms with E-state index in [9.17, 15) is 0 Å². The van der Waals surface area contributed by atoms with Crippen molar-refractivity contribution < 1.29 is 4.74 Å². The first kappa shape index (κ1) is 17.0. The monoisotopic (exact) mass is 277 g/mol. The summed E-state index contributed by atoms with van der Waals surface area (Å²) in [7, 11) is 1.76. The molecule has 0 fully saturated rings. The molecule has 0 aliphatic rings. The summed E-state index contributed by atoms with van der Waals surface area (Å²) in [5.41, 5.74) is 2.65. The van der Waals surface area contributed by atoms with Gasteiger partial charge in [-0.05, 0) is 62.7 Å². The van der Waals surface area contributed by atoms with Crippen molar-refractivity contribution in [3.05, 3.63) is 29.3 Å². The second-order valence-electron chi connectivity index (χ2n) is 6.35. The topological polar surface area (TPSA) is 21.3 Å². The molecule has 114 valence electrons. The first-order valence-electron chi connectivity index (χ1n) is 7.87. The Morgan fingerprint density at radius 1 is 1.15 bits per heavy atom. The fourth-order valence-corrected chi connectivity index (χ4v) is 2.39. The lowest BCUT2D eigenvalue weighted by Gasteiger charge is -2.14. The molecule has 0 spiro atoms. The molecular formula is C18H31NO. The Hall–Kier alpha value is -1.02. The maximum atomic E-state index is 5.45. The number of aryl methyl sites for hydroxylation is 2. The largest absolute Gasteiger partial charge is 0.496 e. The van der Waals surface area contributed by atoms with Gasteiger partial charge in [-0.25, -0.2) is 0 Å². The van der Waals surface area contributed by atoms with E-state index in [0.29, 0.717) is 0 Å². The summed E-state index contributed by atoms with van der Waals surface area (Å²) in [5.74, 6) is 2.52. The molecule has 2 heteroatoms. The molecule has 1 atom stereocenters. The van der Waals surface area contributed by atoms with Crippen LogP contribution >= 0.6 is 0 Å². The summed E-state index contributed by atoms with van der Waals surface area (Å²) in [5, 5.41) is 3.52. The summed E-state index contributed by atoms with van der Waals surface area (Å²) in [4.78, 5) is 0. The van der Waals surface area contributed by atoms with Crippen molar-refractivity contribution >= 4 is 0 Å². The second kappa shape index (κ2) is 9.02. The van der Waals surface area contributed by atoms with E-state index in [1.807, 2.05) is 0 Å². The lowest BCUT2D eigenvalue weighted by atomic mass is 9.97. The average molecular weight is 277 g/mol. The molecule has 2 nitrogen and oxygen atoms in total. The number of benzene rings is 1. The quantitative estimate of drug-likeness (QED) is 0.683. The molecule has 1 aromatic carbocycles. The minimum atomic E-state index is 0.738. The predicted octanol–water partition coefficient (Wildman–Crippen LogP) is 4.21. The van der Waals surface area contributed by atoms with Crippen molar-refractivity contribution in [3.63, 3.8) is 0 Å². The third-order valence-corrected chi connectivity index (χ3v) is 3.71. The number of methoxy groups -OCH3 is 1. The van der Waals surface area contributed by atoms with Crippen LogP contribution in [0.1, 0.15) is 44.7 Å². The standard InChI is InChI=1S/C18H31NO/c1-14(2)13-19-11-10-15(3)6-8-17-12-16(4)7-9-18(17)20-5/h7,9,12,14-15,19H,6,8,10-11,13H2,1-5H3. The van der Waals surface area contributed by atoms with Crippen LogP contribution in [-0.2, 0) is 6.42 Å². The zero-order chi connectivity index (χ0) is 15.0. The van der Waals surface area contributed by atoms with Gasteiger partial charge in [0.1, 0.15) is 5.75 Å². The number of rotatable bonds is 9. The SMILES string of the molecule is COc1ccc(C)cc1CCC(C)CCNCC(C)C. The molecule has 0 amide bonds. The van der Waals surface area contributed by atoms with E-state index in [4.69, 9.17) is 4.74 Å². The highest BCUT2D eigenvalue weighted by molar-refractivity contribution is 5.36. The highest BCUT2D eigenvalue weighted by Gasteiger charge is 2.07. The number of hydrogen-bond acceptors (Lipinski definition) is 2. The van der Waals surface area contributed by atoms with Gasteiger partial charge < -0.3 is 10.1 Å². The zero-order valence-electron chi connectivity index (χ0n) is 13.8. The Kier molecular flexibility index (Phi) is 7.68. The number of ether oxygens (including phenoxy) is 1. The van der Waals surface area contributed by atoms with Crippen molar-refractivity contribution in [3.8, 4) is 5.75 Å². The van der Waals surface area contributed by atoms with Crippen LogP contribution < -0.4 is 10.1 Å². The van der Waals surface area contributed by atoms with Crippen molar-refractivity contribution in [2.24, 2.45) is 11.8 Å². The van der Waals surface area contributed by atoms with Gasteiger partial charge in [0.15, 0.2) is 0 Å². The van der Waals surface area contributed by atoms with Crippen LogP contribution in [0.4, 0.5) is 0 Å². The maximum Gasteiger partial charge on any atom is 0.122 e. The molecule has 0 saturated heterocycles. The molecule has 0 saturated carbocycles. The van der Waals surface area contributed by atoms with Crippen LogP contribution in [0.5, 0.6) is 5.75 Å². The summed E-state index contributed by atoms with van der Waals surface area (Å²) in [6, 6.07) is 6.45. The summed E-state index contributed by atoms with van der Waals surface area (Å²) >= 11 is 0. The predicted molar refractivity (Wildman–Crippen MR) is 87.5 cm³/mol. The van der Waals surface area contributed by atoms with Gasteiger partial charge in [0.05, 0.1) is 7.11 Å². The van der Waals surface area contributed by atoms with E-state index in [0.717, 1.165) is 37.1 Å². The number of hydrogen-bond donors (Lipinski definition) is 1. The smallest absolute Gasteiger partial charge is 0.122 e. The molecular weight excluding hydrogens is 246 g/mol. The molecule has 1 rings (SSSR count). The highest BCUT2D eigenvalue weighted by atomic mass is 16.5. The van der Waals surface area contributed by atoms with Crippen molar-refractivity contribution in [2.75, 3.05) is 20.2 Å². The second-order valence-corrected chi connectivity index (χ2v) is 6.35. The molecule has 0 aliphatic heterocycles. The third-order valence-electron chi connectivity index (χ3n) is 3.71. The van der Waals surface area contributed by atoms with Crippen molar-refractivity contribution in [1.82, 2.24) is 5.32 Å². The molecule has 1 unspecified atom stereocenters. The molecule has 1 N–H and O–H groups in total. The Morgan fingerprint density at radius 2 is 1.90 bits per heavy atom. The molecule has 0 heterocycles. The van der Waals surface area contributed by atoms with E-state index >= 15 is 0 Å². The summed E-state index contributed by atoms with van der Waals surface area (Å²) < 4.78 is 5.45. The van der Waals surface area contributed by atoms with Crippen LogP contribution in [-0.4, -0.2) is 20.2 Å². The van der Waals surface area contributed by atoms with E-state index < -0.39 is 0 Å². The van der Waals surface area contributed by atoms with Crippen molar-refractivity contribution in [1.29, 1.82) is 0 Å². The lowest BCUT2D eigenvalue weighted by Crippen LogP contribution is -2.22. The van der Waals surface area contributed by atoms with Crippen LogP contribution in [0.25, 0.3) is 0 Å². The van der Waals surface area contributed by atoms with Crippen molar-refractivity contribution in [2.45, 2.75) is 47.0 Å². The zero-order valence-corrected chi connectivity index (χ0v) is 13.8. The maximum absolute atomic E-state index is 5.45. The Balaban J connectivity index is 2.33. The molecule has 0 bridgehead atoms. The van der Waals surface area contributed by atoms with Gasteiger partial charge in [-0.3, -0.25) is 0 Å². The Bertz CT molecular complexity index is 387. The number of nitrogens with one attached hydrogen (secondary N) is 1. The molecule has 0 aromatic heterocycles. The van der Waals surface area contributed by atoms with Crippen LogP contribution in [0.15, 0.2) is 18.2 Å². The van der Waals surface area contributed by atoms with Gasteiger partial charge >= 0.3 is 0 Å². The average Bonchev–Trinajstić information content (AvgIpc) is 2.41. The van der Waals surface area contributed by atoms with E-state index in [2.05, 4.69) is 51.2 Å². The Labute approximate surface area is 124 Å². The van der Waals surface area contributed by atoms with Gasteiger partial charge in [0.2, 0.25) is 0 Å². The first-order chi connectivity index (χ1) is 9.52.